The molecule has 0 aliphatic rings. The molecule has 0 fully saturated rings. The highest BCUT2D eigenvalue weighted by Gasteiger charge is 2.20. The maximum absolute atomic E-state index is 5.70. The molecule has 0 saturated heterocycles. The number of pyridine rings is 2. The smallest absolute Gasteiger partial charge is 0.129 e. The van der Waals surface area contributed by atoms with Gasteiger partial charge in [-0.15, -0.1) is 0 Å². The molecule has 2 aromatic heterocycles. The van der Waals surface area contributed by atoms with Crippen LogP contribution in [-0.2, 0) is 5.41 Å². The molecule has 3 N–H and O–H groups in total. The summed E-state index contributed by atoms with van der Waals surface area (Å²) < 4.78 is 0. The SMILES string of the molecule is Cc1cc(N)cnc1NCC(C)(C)c1cccnc1. The summed E-state index contributed by atoms with van der Waals surface area (Å²) in [4.78, 5) is 8.50. The van der Waals surface area contributed by atoms with Gasteiger partial charge in [-0.1, -0.05) is 19.9 Å². The van der Waals surface area contributed by atoms with Crippen molar-refractivity contribution in [3.05, 3.63) is 47.9 Å². The Bertz CT molecular complexity index is 549. The monoisotopic (exact) mass is 256 g/mol. The zero-order valence-corrected chi connectivity index (χ0v) is 11.6. The summed E-state index contributed by atoms with van der Waals surface area (Å²) in [6.45, 7) is 7.16. The molecular formula is C15H20N4. The second-order valence-corrected chi connectivity index (χ2v) is 5.41. The second kappa shape index (κ2) is 5.26. The van der Waals surface area contributed by atoms with Crippen molar-refractivity contribution < 1.29 is 0 Å². The summed E-state index contributed by atoms with van der Waals surface area (Å²) in [5.74, 6) is 0.881. The van der Waals surface area contributed by atoms with Gasteiger partial charge in [0.1, 0.15) is 5.82 Å². The van der Waals surface area contributed by atoms with E-state index in [-0.39, 0.29) is 5.41 Å². The average molecular weight is 256 g/mol. The molecular weight excluding hydrogens is 236 g/mol. The predicted molar refractivity (Wildman–Crippen MR) is 79.1 cm³/mol. The predicted octanol–water partition coefficient (Wildman–Crippen LogP) is 2.76. The van der Waals surface area contributed by atoms with Crippen LogP contribution in [0.1, 0.15) is 25.0 Å². The third-order valence-electron chi connectivity index (χ3n) is 3.24. The molecule has 4 nitrogen and oxygen atoms in total. The minimum absolute atomic E-state index is 0.0102. The van der Waals surface area contributed by atoms with Crippen LogP contribution in [0.15, 0.2) is 36.8 Å². The summed E-state index contributed by atoms with van der Waals surface area (Å²) >= 11 is 0. The molecule has 0 amide bonds. The Hall–Kier alpha value is -2.10. The molecule has 0 aromatic carbocycles. The molecule has 0 unspecified atom stereocenters. The first kappa shape index (κ1) is 13.3. The topological polar surface area (TPSA) is 63.8 Å². The van der Waals surface area contributed by atoms with Gasteiger partial charge in [-0.25, -0.2) is 4.98 Å². The van der Waals surface area contributed by atoms with Crippen molar-refractivity contribution in [2.75, 3.05) is 17.6 Å². The Balaban J connectivity index is 2.09. The molecule has 0 atom stereocenters. The van der Waals surface area contributed by atoms with Crippen LogP contribution < -0.4 is 11.1 Å². The van der Waals surface area contributed by atoms with Crippen molar-refractivity contribution in [3.63, 3.8) is 0 Å². The molecule has 100 valence electrons. The first-order valence-corrected chi connectivity index (χ1v) is 6.35. The molecule has 2 rings (SSSR count). The molecule has 2 aromatic rings. The highest BCUT2D eigenvalue weighted by Crippen LogP contribution is 2.23. The molecule has 0 aliphatic carbocycles. The van der Waals surface area contributed by atoms with E-state index < -0.39 is 0 Å². The zero-order valence-electron chi connectivity index (χ0n) is 11.6. The van der Waals surface area contributed by atoms with Gasteiger partial charge in [0.25, 0.3) is 0 Å². The van der Waals surface area contributed by atoms with Crippen molar-refractivity contribution in [2.24, 2.45) is 0 Å². The van der Waals surface area contributed by atoms with Crippen LogP contribution in [-0.4, -0.2) is 16.5 Å². The van der Waals surface area contributed by atoms with Crippen LogP contribution in [0.25, 0.3) is 0 Å². The second-order valence-electron chi connectivity index (χ2n) is 5.41. The minimum Gasteiger partial charge on any atom is -0.397 e. The third-order valence-corrected chi connectivity index (χ3v) is 3.24. The number of nitrogen functional groups attached to an aromatic ring is 1. The summed E-state index contributed by atoms with van der Waals surface area (Å²) in [5, 5.41) is 3.38. The van der Waals surface area contributed by atoms with E-state index in [1.165, 1.54) is 5.56 Å². The van der Waals surface area contributed by atoms with Crippen LogP contribution in [0, 0.1) is 6.92 Å². The lowest BCUT2D eigenvalue weighted by Gasteiger charge is -2.26. The molecule has 0 radical (unpaired) electrons. The van der Waals surface area contributed by atoms with Crippen molar-refractivity contribution in [1.29, 1.82) is 0 Å². The number of nitrogens with one attached hydrogen (secondary N) is 1. The van der Waals surface area contributed by atoms with E-state index in [1.54, 1.807) is 12.4 Å². The van der Waals surface area contributed by atoms with Crippen molar-refractivity contribution in [3.8, 4) is 0 Å². The highest BCUT2D eigenvalue weighted by molar-refractivity contribution is 5.51. The third kappa shape index (κ3) is 3.22. The molecule has 2 heterocycles. The minimum atomic E-state index is -0.0102. The Morgan fingerprint density at radius 3 is 2.74 bits per heavy atom. The lowest BCUT2D eigenvalue weighted by atomic mass is 9.85. The number of hydrogen-bond acceptors (Lipinski definition) is 4. The summed E-state index contributed by atoms with van der Waals surface area (Å²) in [5.41, 5.74) is 8.64. The van der Waals surface area contributed by atoms with Gasteiger partial charge in [0.2, 0.25) is 0 Å². The van der Waals surface area contributed by atoms with Gasteiger partial charge in [0.15, 0.2) is 0 Å². The Kier molecular flexibility index (Phi) is 3.69. The molecule has 0 aliphatic heterocycles. The van der Waals surface area contributed by atoms with Crippen molar-refractivity contribution >= 4 is 11.5 Å². The van der Waals surface area contributed by atoms with E-state index in [2.05, 4.69) is 35.2 Å². The number of anilines is 2. The van der Waals surface area contributed by atoms with E-state index in [1.807, 2.05) is 25.3 Å². The summed E-state index contributed by atoms with van der Waals surface area (Å²) in [6, 6.07) is 5.98. The van der Waals surface area contributed by atoms with Crippen LogP contribution in [0.3, 0.4) is 0 Å². The van der Waals surface area contributed by atoms with E-state index >= 15 is 0 Å². The first-order valence-electron chi connectivity index (χ1n) is 6.35. The van der Waals surface area contributed by atoms with Gasteiger partial charge in [0, 0.05) is 24.4 Å². The number of hydrogen-bond donors (Lipinski definition) is 2. The summed E-state index contributed by atoms with van der Waals surface area (Å²) in [6.07, 6.45) is 5.37. The molecule has 19 heavy (non-hydrogen) atoms. The fourth-order valence-corrected chi connectivity index (χ4v) is 1.95. The van der Waals surface area contributed by atoms with Crippen LogP contribution in [0.5, 0.6) is 0 Å². The first-order chi connectivity index (χ1) is 8.99. The van der Waals surface area contributed by atoms with E-state index in [9.17, 15) is 0 Å². The number of nitrogens with zero attached hydrogens (tertiary/aromatic N) is 2. The average Bonchev–Trinajstić information content (AvgIpc) is 2.39. The van der Waals surface area contributed by atoms with Gasteiger partial charge in [-0.05, 0) is 30.2 Å². The van der Waals surface area contributed by atoms with Gasteiger partial charge in [-0.3, -0.25) is 4.98 Å². The Morgan fingerprint density at radius 1 is 1.32 bits per heavy atom. The fourth-order valence-electron chi connectivity index (χ4n) is 1.95. The molecule has 0 bridgehead atoms. The lowest BCUT2D eigenvalue weighted by Crippen LogP contribution is -2.28. The van der Waals surface area contributed by atoms with Gasteiger partial charge in [-0.2, -0.15) is 0 Å². The van der Waals surface area contributed by atoms with Crippen LogP contribution in [0.4, 0.5) is 11.5 Å². The quantitative estimate of drug-likeness (QED) is 0.883. The highest BCUT2D eigenvalue weighted by atomic mass is 15.0. The lowest BCUT2D eigenvalue weighted by molar-refractivity contribution is 0.553. The van der Waals surface area contributed by atoms with Crippen LogP contribution >= 0.6 is 0 Å². The standard InChI is InChI=1S/C15H20N4/c1-11-7-13(16)9-18-14(11)19-10-15(2,3)12-5-4-6-17-8-12/h4-9H,10,16H2,1-3H3,(H,18,19). The van der Waals surface area contributed by atoms with Gasteiger partial charge in [0.05, 0.1) is 11.9 Å². The number of rotatable bonds is 4. The maximum atomic E-state index is 5.70. The number of aromatic nitrogens is 2. The Labute approximate surface area is 114 Å². The van der Waals surface area contributed by atoms with Gasteiger partial charge >= 0.3 is 0 Å². The molecule has 0 spiro atoms. The normalized spacial score (nSPS) is 11.3. The van der Waals surface area contributed by atoms with E-state index in [4.69, 9.17) is 5.73 Å². The van der Waals surface area contributed by atoms with Crippen molar-refractivity contribution in [2.45, 2.75) is 26.2 Å². The van der Waals surface area contributed by atoms with E-state index in [0.29, 0.717) is 5.69 Å². The molecule has 4 heteroatoms. The van der Waals surface area contributed by atoms with E-state index in [0.717, 1.165) is 17.9 Å². The largest absolute Gasteiger partial charge is 0.397 e. The fraction of sp³-hybridized carbons (Fsp3) is 0.333. The molecule has 0 saturated carbocycles. The van der Waals surface area contributed by atoms with Crippen LogP contribution in [0.2, 0.25) is 0 Å². The maximum Gasteiger partial charge on any atom is 0.129 e. The zero-order chi connectivity index (χ0) is 13.9. The van der Waals surface area contributed by atoms with Crippen molar-refractivity contribution in [1.82, 2.24) is 9.97 Å². The van der Waals surface area contributed by atoms with Gasteiger partial charge < -0.3 is 11.1 Å². The number of aryl methyl sites for hydroxylation is 1. The summed E-state index contributed by atoms with van der Waals surface area (Å²) in [7, 11) is 0. The number of nitrogens with two attached hydrogens (primary N) is 1. The Morgan fingerprint density at radius 2 is 2.11 bits per heavy atom.